The first-order chi connectivity index (χ1) is 22.1. The van der Waals surface area contributed by atoms with Crippen molar-refractivity contribution in [3.8, 4) is 33.6 Å². The van der Waals surface area contributed by atoms with Gasteiger partial charge in [-0.25, -0.2) is 0 Å². The maximum atomic E-state index is 4.64. The van der Waals surface area contributed by atoms with E-state index in [0.29, 0.717) is 11.8 Å². The van der Waals surface area contributed by atoms with Crippen molar-refractivity contribution in [1.29, 1.82) is 0 Å². The summed E-state index contributed by atoms with van der Waals surface area (Å²) >= 11 is 0. The molecule has 0 fully saturated rings. The van der Waals surface area contributed by atoms with Gasteiger partial charge in [-0.1, -0.05) is 113 Å². The van der Waals surface area contributed by atoms with E-state index in [9.17, 15) is 0 Å². The number of benzene rings is 3. The first-order valence-electron chi connectivity index (χ1n) is 16.3. The van der Waals surface area contributed by atoms with Crippen LogP contribution in [-0.2, 0) is 30.9 Å². The molecule has 1 radical (unpaired) electrons. The van der Waals surface area contributed by atoms with Gasteiger partial charge in [0.15, 0.2) is 0 Å². The van der Waals surface area contributed by atoms with Crippen molar-refractivity contribution in [2.24, 2.45) is 5.92 Å². The van der Waals surface area contributed by atoms with Crippen molar-refractivity contribution in [2.45, 2.75) is 58.3 Å². The Kier molecular flexibility index (Phi) is 8.92. The number of pyridine rings is 2. The number of hydrogen-bond donors (Lipinski definition) is 0. The molecule has 47 heavy (non-hydrogen) atoms. The minimum absolute atomic E-state index is 0. The van der Waals surface area contributed by atoms with Crippen LogP contribution in [0, 0.1) is 18.9 Å². The second-order valence-corrected chi connectivity index (χ2v) is 14.3. The maximum Gasteiger partial charge on any atom is 0.0705 e. The Balaban J connectivity index is 0.000000163. The second-order valence-electron chi connectivity index (χ2n) is 14.3. The molecule has 8 rings (SSSR count). The molecule has 3 aromatic carbocycles. The van der Waals surface area contributed by atoms with Crippen LogP contribution in [0.3, 0.4) is 0 Å². The standard InChI is InChI=1S/C24H25N.C20H16N.Ir/c1-23(2,3)17-12-13-25-22(15-17)16-10-11-21-19(14-16)18-8-6-7-9-20(18)24(21,4)5;1-14-10-11-21-20(12-14)17-9-8-16-7-6-15-4-2-3-5-18(15)19(16)13-17;/h6-15H,1-5H3;2-8,10-13,15,18H,1H3;/q;-1;. The molecule has 0 spiro atoms. The minimum Gasteiger partial charge on any atom is -0.305 e. The molecule has 2 unspecified atom stereocenters. The summed E-state index contributed by atoms with van der Waals surface area (Å²) in [5.74, 6) is 0.913. The SMILES string of the molecule is CC(C)(C)c1ccnc(-c2ccc3c(c2)-c2ccccc2C3(C)C)c1.Cc1ccnc(-c2[c-]cc3c(c2)C2C=CC=CC2C=C3)c1.[Ir]. The van der Waals surface area contributed by atoms with Gasteiger partial charge in [-0.05, 0) is 76.0 Å². The Morgan fingerprint density at radius 3 is 2.30 bits per heavy atom. The van der Waals surface area contributed by atoms with E-state index in [4.69, 9.17) is 0 Å². The average Bonchev–Trinajstić information content (AvgIpc) is 3.30. The van der Waals surface area contributed by atoms with E-state index < -0.39 is 0 Å². The summed E-state index contributed by atoms with van der Waals surface area (Å²) in [7, 11) is 0. The van der Waals surface area contributed by atoms with Gasteiger partial charge < -0.3 is 4.98 Å². The van der Waals surface area contributed by atoms with Crippen LogP contribution in [0.2, 0.25) is 0 Å². The van der Waals surface area contributed by atoms with Crippen molar-refractivity contribution in [1.82, 2.24) is 9.97 Å². The van der Waals surface area contributed by atoms with E-state index in [0.717, 1.165) is 17.0 Å². The molecule has 0 saturated carbocycles. The zero-order valence-corrected chi connectivity index (χ0v) is 30.4. The predicted octanol–water partition coefficient (Wildman–Crippen LogP) is 11.1. The van der Waals surface area contributed by atoms with Crippen LogP contribution in [0.25, 0.3) is 39.7 Å². The Bertz CT molecular complexity index is 2040. The Morgan fingerprint density at radius 1 is 0.745 bits per heavy atom. The summed E-state index contributed by atoms with van der Waals surface area (Å²) in [6.07, 6.45) is 17.1. The van der Waals surface area contributed by atoms with Crippen LogP contribution in [0.1, 0.15) is 73.9 Å². The van der Waals surface area contributed by atoms with Crippen molar-refractivity contribution in [3.63, 3.8) is 0 Å². The second kappa shape index (κ2) is 12.8. The Hall–Kier alpha value is -4.17. The molecule has 0 amide bonds. The molecule has 0 aliphatic heterocycles. The van der Waals surface area contributed by atoms with Crippen molar-refractivity contribution in [2.75, 3.05) is 0 Å². The number of hydrogen-bond acceptors (Lipinski definition) is 2. The van der Waals surface area contributed by atoms with Gasteiger partial charge in [-0.15, -0.1) is 41.0 Å². The van der Waals surface area contributed by atoms with Gasteiger partial charge in [-0.2, -0.15) is 0 Å². The number of nitrogens with zero attached hydrogens (tertiary/aromatic N) is 2. The monoisotopic (exact) mass is 790 g/mol. The molecule has 237 valence electrons. The van der Waals surface area contributed by atoms with Gasteiger partial charge in [0, 0.05) is 49.4 Å². The number of aromatic nitrogens is 2. The van der Waals surface area contributed by atoms with Crippen molar-refractivity contribution < 1.29 is 20.1 Å². The fourth-order valence-electron chi connectivity index (χ4n) is 7.05. The van der Waals surface area contributed by atoms with Crippen LogP contribution in [-0.4, -0.2) is 9.97 Å². The van der Waals surface area contributed by atoms with E-state index in [1.54, 1.807) is 0 Å². The van der Waals surface area contributed by atoms with E-state index in [1.165, 1.54) is 50.1 Å². The summed E-state index contributed by atoms with van der Waals surface area (Å²) in [6.45, 7) is 13.5. The predicted molar refractivity (Wildman–Crippen MR) is 193 cm³/mol. The summed E-state index contributed by atoms with van der Waals surface area (Å²) in [6, 6.07) is 31.8. The largest absolute Gasteiger partial charge is 0.305 e. The molecule has 2 aromatic heterocycles. The molecule has 0 bridgehead atoms. The number of rotatable bonds is 2. The van der Waals surface area contributed by atoms with Gasteiger partial charge in [0.2, 0.25) is 0 Å². The molecule has 2 nitrogen and oxygen atoms in total. The van der Waals surface area contributed by atoms with Gasteiger partial charge in [0.05, 0.1) is 5.69 Å². The summed E-state index contributed by atoms with van der Waals surface area (Å²) in [5.41, 5.74) is 15.2. The molecule has 0 N–H and O–H groups in total. The summed E-state index contributed by atoms with van der Waals surface area (Å²) in [4.78, 5) is 9.12. The summed E-state index contributed by atoms with van der Waals surface area (Å²) < 4.78 is 0. The molecular weight excluding hydrogens is 749 g/mol. The molecule has 2 atom stereocenters. The van der Waals surface area contributed by atoms with Crippen LogP contribution in [0.15, 0.2) is 122 Å². The third kappa shape index (κ3) is 6.28. The van der Waals surface area contributed by atoms with Crippen LogP contribution in [0.4, 0.5) is 0 Å². The Morgan fingerprint density at radius 2 is 1.49 bits per heavy atom. The molecule has 5 aromatic rings. The normalized spacial score (nSPS) is 17.7. The number of fused-ring (bicyclic) bond motifs is 6. The van der Waals surface area contributed by atoms with Crippen molar-refractivity contribution in [3.05, 3.63) is 161 Å². The van der Waals surface area contributed by atoms with E-state index in [1.807, 2.05) is 18.5 Å². The van der Waals surface area contributed by atoms with Gasteiger partial charge >= 0.3 is 0 Å². The maximum absolute atomic E-state index is 4.64. The third-order valence-electron chi connectivity index (χ3n) is 9.75. The number of allylic oxidation sites excluding steroid dienone is 5. The molecule has 0 saturated heterocycles. The van der Waals surface area contributed by atoms with E-state index >= 15 is 0 Å². The van der Waals surface area contributed by atoms with E-state index in [2.05, 4.69) is 167 Å². The fraction of sp³-hybridized carbons (Fsp3) is 0.227. The quantitative estimate of drug-likeness (QED) is 0.167. The zero-order valence-electron chi connectivity index (χ0n) is 28.0. The smallest absolute Gasteiger partial charge is 0.0705 e. The minimum atomic E-state index is 0. The van der Waals surface area contributed by atoms with Crippen LogP contribution in [0.5, 0.6) is 0 Å². The number of aryl methyl sites for hydroxylation is 1. The Labute approximate surface area is 293 Å². The first kappa shape index (κ1) is 32.8. The van der Waals surface area contributed by atoms with Gasteiger partial charge in [0.25, 0.3) is 0 Å². The van der Waals surface area contributed by atoms with Crippen molar-refractivity contribution >= 4 is 6.08 Å². The van der Waals surface area contributed by atoms with Gasteiger partial charge in [0.1, 0.15) is 0 Å². The third-order valence-corrected chi connectivity index (χ3v) is 9.75. The molecule has 3 aliphatic rings. The van der Waals surface area contributed by atoms with Crippen LogP contribution < -0.4 is 0 Å². The molecule has 3 aliphatic carbocycles. The molecular formula is C44H41IrN2-. The molecule has 2 heterocycles. The average molecular weight is 790 g/mol. The first-order valence-corrected chi connectivity index (χ1v) is 16.3. The van der Waals surface area contributed by atoms with Gasteiger partial charge in [-0.3, -0.25) is 4.98 Å². The fourth-order valence-corrected chi connectivity index (χ4v) is 7.05. The van der Waals surface area contributed by atoms with Crippen LogP contribution >= 0.6 is 0 Å². The summed E-state index contributed by atoms with van der Waals surface area (Å²) in [5, 5.41) is 0. The zero-order chi connectivity index (χ0) is 32.1. The van der Waals surface area contributed by atoms with E-state index in [-0.39, 0.29) is 30.9 Å². The topological polar surface area (TPSA) is 25.8 Å². The molecule has 3 heteroatoms.